The molecule has 0 fully saturated rings. The molecule has 1 heterocycles. The lowest BCUT2D eigenvalue weighted by Gasteiger charge is -2.09. The standard InChI is InChI=1S/C17H18N4O2S/c1-4-13-12(8-18)16(23)21-17(20-13)24-9-15(22)19-14-7-10(2)5-6-11(14)3/h5-7H,4,9H2,1-3H3,(H,19,22)(H,20,21,23). The molecule has 1 amide bonds. The molecular formula is C17H18N4O2S. The van der Waals surface area contributed by atoms with Crippen LogP contribution in [0.25, 0.3) is 0 Å². The highest BCUT2D eigenvalue weighted by atomic mass is 32.2. The number of anilines is 1. The zero-order valence-electron chi connectivity index (χ0n) is 13.8. The first-order valence-electron chi connectivity index (χ1n) is 7.47. The van der Waals surface area contributed by atoms with Crippen molar-refractivity contribution in [1.82, 2.24) is 9.97 Å². The molecule has 0 spiro atoms. The number of hydrogen-bond donors (Lipinski definition) is 2. The second-order valence-electron chi connectivity index (χ2n) is 5.31. The second kappa shape index (κ2) is 7.79. The number of amides is 1. The van der Waals surface area contributed by atoms with E-state index in [0.29, 0.717) is 17.3 Å². The maximum Gasteiger partial charge on any atom is 0.269 e. The van der Waals surface area contributed by atoms with Crippen LogP contribution in [0, 0.1) is 25.2 Å². The second-order valence-corrected chi connectivity index (χ2v) is 6.28. The van der Waals surface area contributed by atoms with Crippen LogP contribution in [0.3, 0.4) is 0 Å². The van der Waals surface area contributed by atoms with Gasteiger partial charge in [0.25, 0.3) is 5.56 Å². The summed E-state index contributed by atoms with van der Waals surface area (Å²) in [5.41, 5.74) is 2.82. The summed E-state index contributed by atoms with van der Waals surface area (Å²) in [6, 6.07) is 7.70. The first kappa shape index (κ1) is 17.8. The van der Waals surface area contributed by atoms with E-state index in [0.717, 1.165) is 28.6 Å². The van der Waals surface area contributed by atoms with Crippen molar-refractivity contribution in [1.29, 1.82) is 5.26 Å². The van der Waals surface area contributed by atoms with E-state index in [2.05, 4.69) is 15.3 Å². The normalized spacial score (nSPS) is 10.2. The van der Waals surface area contributed by atoms with Gasteiger partial charge in [0.1, 0.15) is 11.6 Å². The van der Waals surface area contributed by atoms with Gasteiger partial charge in [-0.3, -0.25) is 9.59 Å². The van der Waals surface area contributed by atoms with Crippen molar-refractivity contribution in [3.8, 4) is 6.07 Å². The zero-order valence-corrected chi connectivity index (χ0v) is 14.6. The number of hydrogen-bond acceptors (Lipinski definition) is 5. The fourth-order valence-corrected chi connectivity index (χ4v) is 2.81. The number of H-pyrrole nitrogens is 1. The molecule has 0 saturated heterocycles. The van der Waals surface area contributed by atoms with Gasteiger partial charge in [-0.25, -0.2) is 4.98 Å². The molecule has 0 radical (unpaired) electrons. The predicted molar refractivity (Wildman–Crippen MR) is 94.2 cm³/mol. The largest absolute Gasteiger partial charge is 0.325 e. The number of aryl methyl sites for hydroxylation is 3. The zero-order chi connectivity index (χ0) is 17.7. The molecule has 124 valence electrons. The monoisotopic (exact) mass is 342 g/mol. The molecule has 2 rings (SSSR count). The van der Waals surface area contributed by atoms with Gasteiger partial charge in [-0.2, -0.15) is 5.26 Å². The van der Waals surface area contributed by atoms with Gasteiger partial charge >= 0.3 is 0 Å². The number of benzene rings is 1. The van der Waals surface area contributed by atoms with E-state index in [1.807, 2.05) is 45.0 Å². The van der Waals surface area contributed by atoms with Crippen molar-refractivity contribution in [3.05, 3.63) is 50.9 Å². The minimum Gasteiger partial charge on any atom is -0.325 e. The number of nitrogens with zero attached hydrogens (tertiary/aromatic N) is 2. The maximum atomic E-state index is 12.1. The fourth-order valence-electron chi connectivity index (χ4n) is 2.13. The minimum absolute atomic E-state index is 0.0293. The molecular weight excluding hydrogens is 324 g/mol. The quantitative estimate of drug-likeness (QED) is 0.643. The number of aromatic nitrogens is 2. The molecule has 0 atom stereocenters. The Morgan fingerprint density at radius 1 is 1.42 bits per heavy atom. The Balaban J connectivity index is 2.07. The van der Waals surface area contributed by atoms with Gasteiger partial charge in [-0.05, 0) is 37.5 Å². The molecule has 0 saturated carbocycles. The van der Waals surface area contributed by atoms with Gasteiger partial charge in [0.05, 0.1) is 11.4 Å². The van der Waals surface area contributed by atoms with Crippen molar-refractivity contribution in [3.63, 3.8) is 0 Å². The van der Waals surface area contributed by atoms with E-state index in [1.54, 1.807) is 0 Å². The SMILES string of the molecule is CCc1nc(SCC(=O)Nc2cc(C)ccc2C)[nH]c(=O)c1C#N. The van der Waals surface area contributed by atoms with Crippen molar-refractivity contribution in [2.75, 3.05) is 11.1 Å². The molecule has 24 heavy (non-hydrogen) atoms. The molecule has 1 aromatic carbocycles. The summed E-state index contributed by atoms with van der Waals surface area (Å²) in [4.78, 5) is 30.7. The van der Waals surface area contributed by atoms with E-state index in [1.165, 1.54) is 0 Å². The average molecular weight is 342 g/mol. The molecule has 7 heteroatoms. The molecule has 0 aliphatic heterocycles. The number of nitrogens with one attached hydrogen (secondary N) is 2. The number of nitriles is 1. The Morgan fingerprint density at radius 3 is 2.83 bits per heavy atom. The number of rotatable bonds is 5. The molecule has 1 aromatic heterocycles. The van der Waals surface area contributed by atoms with Gasteiger partial charge < -0.3 is 10.3 Å². The first-order chi connectivity index (χ1) is 11.4. The van der Waals surface area contributed by atoms with Gasteiger partial charge in [-0.15, -0.1) is 0 Å². The van der Waals surface area contributed by atoms with E-state index < -0.39 is 5.56 Å². The van der Waals surface area contributed by atoms with Crippen molar-refractivity contribution in [2.45, 2.75) is 32.3 Å². The molecule has 0 aliphatic carbocycles. The Kier molecular flexibility index (Phi) is 5.77. The smallest absolute Gasteiger partial charge is 0.269 e. The van der Waals surface area contributed by atoms with Crippen molar-refractivity contribution >= 4 is 23.4 Å². The summed E-state index contributed by atoms with van der Waals surface area (Å²) in [7, 11) is 0. The van der Waals surface area contributed by atoms with Crippen LogP contribution in [-0.4, -0.2) is 21.6 Å². The average Bonchev–Trinajstić information content (AvgIpc) is 2.55. The number of thioether (sulfide) groups is 1. The van der Waals surface area contributed by atoms with Gasteiger partial charge in [0.2, 0.25) is 5.91 Å². The molecule has 2 N–H and O–H groups in total. The van der Waals surface area contributed by atoms with Crippen LogP contribution >= 0.6 is 11.8 Å². The minimum atomic E-state index is -0.471. The van der Waals surface area contributed by atoms with Crippen LogP contribution < -0.4 is 10.9 Å². The molecule has 0 bridgehead atoms. The molecule has 0 unspecified atom stereocenters. The fraction of sp³-hybridized carbons (Fsp3) is 0.294. The molecule has 6 nitrogen and oxygen atoms in total. The van der Waals surface area contributed by atoms with E-state index in [4.69, 9.17) is 5.26 Å². The number of aromatic amines is 1. The van der Waals surface area contributed by atoms with Crippen LogP contribution in [0.4, 0.5) is 5.69 Å². The lowest BCUT2D eigenvalue weighted by Crippen LogP contribution is -2.18. The lowest BCUT2D eigenvalue weighted by molar-refractivity contribution is -0.113. The summed E-state index contributed by atoms with van der Waals surface area (Å²) in [5.74, 6) is -0.0653. The van der Waals surface area contributed by atoms with Gasteiger partial charge in [0, 0.05) is 5.69 Å². The van der Waals surface area contributed by atoms with E-state index >= 15 is 0 Å². The number of carbonyl (C=O) groups excluding carboxylic acids is 1. The molecule has 0 aliphatic rings. The van der Waals surface area contributed by atoms with Crippen molar-refractivity contribution < 1.29 is 4.79 Å². The summed E-state index contributed by atoms with van der Waals surface area (Å²) in [6.07, 6.45) is 0.481. The van der Waals surface area contributed by atoms with Crippen LogP contribution in [0.1, 0.15) is 29.3 Å². The Bertz CT molecular complexity index is 868. The van der Waals surface area contributed by atoms with Crippen molar-refractivity contribution in [2.24, 2.45) is 0 Å². The van der Waals surface area contributed by atoms with Gasteiger partial charge in [0.15, 0.2) is 5.16 Å². The third-order valence-corrected chi connectivity index (χ3v) is 4.30. The number of carbonyl (C=O) groups is 1. The third-order valence-electron chi connectivity index (χ3n) is 3.43. The summed E-state index contributed by atoms with van der Waals surface area (Å²) >= 11 is 1.13. The van der Waals surface area contributed by atoms with Crippen LogP contribution in [0.15, 0.2) is 28.2 Å². The maximum absolute atomic E-state index is 12.1. The summed E-state index contributed by atoms with van der Waals surface area (Å²) in [5, 5.41) is 12.2. The summed E-state index contributed by atoms with van der Waals surface area (Å²) in [6.45, 7) is 5.71. The molecule has 2 aromatic rings. The van der Waals surface area contributed by atoms with E-state index in [-0.39, 0.29) is 17.2 Å². The highest BCUT2D eigenvalue weighted by molar-refractivity contribution is 7.99. The topological polar surface area (TPSA) is 98.6 Å². The van der Waals surface area contributed by atoms with E-state index in [9.17, 15) is 9.59 Å². The third kappa shape index (κ3) is 4.24. The lowest BCUT2D eigenvalue weighted by atomic mass is 10.1. The Labute approximate surface area is 144 Å². The summed E-state index contributed by atoms with van der Waals surface area (Å²) < 4.78 is 0. The van der Waals surface area contributed by atoms with Gasteiger partial charge in [-0.1, -0.05) is 30.8 Å². The highest BCUT2D eigenvalue weighted by Gasteiger charge is 2.12. The van der Waals surface area contributed by atoms with Crippen LogP contribution in [0.2, 0.25) is 0 Å². The van der Waals surface area contributed by atoms with Crippen LogP contribution in [0.5, 0.6) is 0 Å². The van der Waals surface area contributed by atoms with Crippen LogP contribution in [-0.2, 0) is 11.2 Å². The predicted octanol–water partition coefficient (Wildman–Crippen LogP) is 2.55. The highest BCUT2D eigenvalue weighted by Crippen LogP contribution is 2.18. The Hall–Kier alpha value is -2.59. The Morgan fingerprint density at radius 2 is 2.17 bits per heavy atom. The first-order valence-corrected chi connectivity index (χ1v) is 8.46.